The predicted octanol–water partition coefficient (Wildman–Crippen LogP) is 2.09. The zero-order chi connectivity index (χ0) is 13.7. The number of anilines is 1. The third-order valence-corrected chi connectivity index (χ3v) is 3.16. The van der Waals surface area contributed by atoms with E-state index in [1.807, 2.05) is 36.9 Å². The lowest BCUT2D eigenvalue weighted by Gasteiger charge is -2.18. The van der Waals surface area contributed by atoms with E-state index < -0.39 is 0 Å². The largest absolute Gasteiger partial charge is 0.454 e. The van der Waals surface area contributed by atoms with Gasteiger partial charge in [-0.2, -0.15) is 0 Å². The van der Waals surface area contributed by atoms with Gasteiger partial charge in [-0.05, 0) is 26.0 Å². The Bertz CT molecular complexity index is 444. The smallest absolute Gasteiger partial charge is 0.231 e. The number of rotatable bonds is 6. The summed E-state index contributed by atoms with van der Waals surface area (Å²) in [5.74, 6) is 1.70. The monoisotopic (exact) mass is 264 g/mol. The molecule has 0 aromatic heterocycles. The maximum absolute atomic E-state index is 11.8. The number of carbonyl (C=O) groups is 1. The number of carbonyl (C=O) groups excluding carboxylic acids is 1. The molecule has 0 saturated carbocycles. The van der Waals surface area contributed by atoms with Crippen LogP contribution < -0.4 is 14.8 Å². The van der Waals surface area contributed by atoms with Crippen molar-refractivity contribution in [1.82, 2.24) is 4.90 Å². The SMILES string of the molecule is CCN(CC)C(=O)CCNc1ccc2c(c1)OCO2. The molecule has 5 heteroatoms. The van der Waals surface area contributed by atoms with Gasteiger partial charge < -0.3 is 19.7 Å². The van der Waals surface area contributed by atoms with Crippen molar-refractivity contribution in [1.29, 1.82) is 0 Å². The van der Waals surface area contributed by atoms with Gasteiger partial charge in [0.05, 0.1) is 0 Å². The summed E-state index contributed by atoms with van der Waals surface area (Å²) in [5, 5.41) is 3.23. The van der Waals surface area contributed by atoms with Gasteiger partial charge in [-0.1, -0.05) is 0 Å². The first kappa shape index (κ1) is 13.5. The van der Waals surface area contributed by atoms with Crippen LogP contribution in [0.5, 0.6) is 11.5 Å². The molecule has 2 rings (SSSR count). The van der Waals surface area contributed by atoms with Crippen LogP contribution in [0.3, 0.4) is 0 Å². The van der Waals surface area contributed by atoms with E-state index in [4.69, 9.17) is 9.47 Å². The summed E-state index contributed by atoms with van der Waals surface area (Å²) < 4.78 is 10.5. The Hall–Kier alpha value is -1.91. The van der Waals surface area contributed by atoms with Crippen LogP contribution in [-0.2, 0) is 4.79 Å². The highest BCUT2D eigenvalue weighted by molar-refractivity contribution is 5.76. The number of nitrogens with zero attached hydrogens (tertiary/aromatic N) is 1. The summed E-state index contributed by atoms with van der Waals surface area (Å²) >= 11 is 0. The second-order valence-corrected chi connectivity index (χ2v) is 4.31. The number of ether oxygens (including phenoxy) is 2. The van der Waals surface area contributed by atoms with E-state index in [1.54, 1.807) is 0 Å². The normalized spacial score (nSPS) is 12.3. The summed E-state index contributed by atoms with van der Waals surface area (Å²) in [4.78, 5) is 13.7. The van der Waals surface area contributed by atoms with Crippen molar-refractivity contribution in [2.45, 2.75) is 20.3 Å². The molecule has 104 valence electrons. The van der Waals surface area contributed by atoms with Gasteiger partial charge in [0, 0.05) is 37.8 Å². The Morgan fingerprint density at radius 1 is 1.26 bits per heavy atom. The Kier molecular flexibility index (Phi) is 4.49. The first-order chi connectivity index (χ1) is 9.24. The number of benzene rings is 1. The fraction of sp³-hybridized carbons (Fsp3) is 0.500. The van der Waals surface area contributed by atoms with E-state index in [0.29, 0.717) is 13.0 Å². The van der Waals surface area contributed by atoms with Gasteiger partial charge in [-0.15, -0.1) is 0 Å². The average Bonchev–Trinajstić information content (AvgIpc) is 2.87. The highest BCUT2D eigenvalue weighted by Crippen LogP contribution is 2.34. The zero-order valence-corrected chi connectivity index (χ0v) is 11.4. The molecule has 1 aliphatic heterocycles. The van der Waals surface area contributed by atoms with Gasteiger partial charge in [-0.3, -0.25) is 4.79 Å². The molecule has 1 aromatic rings. The molecule has 0 unspecified atom stereocenters. The molecule has 0 radical (unpaired) electrons. The van der Waals surface area contributed by atoms with Gasteiger partial charge in [-0.25, -0.2) is 0 Å². The van der Waals surface area contributed by atoms with Gasteiger partial charge in [0.15, 0.2) is 11.5 Å². The number of hydrogen-bond donors (Lipinski definition) is 1. The van der Waals surface area contributed by atoms with Crippen molar-refractivity contribution in [2.24, 2.45) is 0 Å². The van der Waals surface area contributed by atoms with Crippen molar-refractivity contribution in [2.75, 3.05) is 31.7 Å². The van der Waals surface area contributed by atoms with Crippen LogP contribution in [0.1, 0.15) is 20.3 Å². The van der Waals surface area contributed by atoms with Crippen LogP contribution in [0.15, 0.2) is 18.2 Å². The highest BCUT2D eigenvalue weighted by atomic mass is 16.7. The molecule has 0 fully saturated rings. The zero-order valence-electron chi connectivity index (χ0n) is 11.4. The van der Waals surface area contributed by atoms with Crippen LogP contribution in [0.2, 0.25) is 0 Å². The second kappa shape index (κ2) is 6.31. The van der Waals surface area contributed by atoms with Crippen molar-refractivity contribution in [3.8, 4) is 11.5 Å². The van der Waals surface area contributed by atoms with Gasteiger partial charge >= 0.3 is 0 Å². The van der Waals surface area contributed by atoms with Crippen molar-refractivity contribution in [3.63, 3.8) is 0 Å². The molecule has 1 aromatic carbocycles. The van der Waals surface area contributed by atoms with Crippen LogP contribution in [-0.4, -0.2) is 37.2 Å². The van der Waals surface area contributed by atoms with Gasteiger partial charge in [0.1, 0.15) is 0 Å². The molecule has 1 amide bonds. The molecular weight excluding hydrogens is 244 g/mol. The fourth-order valence-electron chi connectivity index (χ4n) is 2.05. The first-order valence-corrected chi connectivity index (χ1v) is 6.66. The van der Waals surface area contributed by atoms with Crippen molar-refractivity contribution >= 4 is 11.6 Å². The molecular formula is C14H20N2O3. The molecule has 0 spiro atoms. The maximum Gasteiger partial charge on any atom is 0.231 e. The summed E-state index contributed by atoms with van der Waals surface area (Å²) in [7, 11) is 0. The van der Waals surface area contributed by atoms with Crippen molar-refractivity contribution < 1.29 is 14.3 Å². The molecule has 1 N–H and O–H groups in total. The topological polar surface area (TPSA) is 50.8 Å². The van der Waals surface area contributed by atoms with Gasteiger partial charge in [0.25, 0.3) is 0 Å². The predicted molar refractivity (Wildman–Crippen MR) is 73.6 cm³/mol. The van der Waals surface area contributed by atoms with Crippen LogP contribution in [0.4, 0.5) is 5.69 Å². The lowest BCUT2D eigenvalue weighted by molar-refractivity contribution is -0.130. The van der Waals surface area contributed by atoms with Crippen LogP contribution in [0, 0.1) is 0 Å². The Morgan fingerprint density at radius 2 is 2.00 bits per heavy atom. The quantitative estimate of drug-likeness (QED) is 0.854. The van der Waals surface area contributed by atoms with Gasteiger partial charge in [0.2, 0.25) is 12.7 Å². The van der Waals surface area contributed by atoms with E-state index in [-0.39, 0.29) is 12.7 Å². The Morgan fingerprint density at radius 3 is 2.74 bits per heavy atom. The minimum absolute atomic E-state index is 0.179. The summed E-state index contributed by atoms with van der Waals surface area (Å²) in [6, 6.07) is 5.69. The molecule has 1 aliphatic rings. The summed E-state index contributed by atoms with van der Waals surface area (Å²) in [6.45, 7) is 6.41. The van der Waals surface area contributed by atoms with E-state index >= 15 is 0 Å². The fourth-order valence-corrected chi connectivity index (χ4v) is 2.05. The molecule has 0 atom stereocenters. The van der Waals surface area contributed by atoms with Crippen molar-refractivity contribution in [3.05, 3.63) is 18.2 Å². The van der Waals surface area contributed by atoms with Crippen LogP contribution in [0.25, 0.3) is 0 Å². The Labute approximate surface area is 113 Å². The lowest BCUT2D eigenvalue weighted by Crippen LogP contribution is -2.31. The lowest BCUT2D eigenvalue weighted by atomic mass is 10.2. The summed E-state index contributed by atoms with van der Waals surface area (Å²) in [5.41, 5.74) is 0.941. The number of amides is 1. The minimum Gasteiger partial charge on any atom is -0.454 e. The third-order valence-electron chi connectivity index (χ3n) is 3.16. The standard InChI is InChI=1S/C14H20N2O3/c1-3-16(4-2)14(17)7-8-15-11-5-6-12-13(9-11)19-10-18-12/h5-6,9,15H,3-4,7-8,10H2,1-2H3. The number of hydrogen-bond acceptors (Lipinski definition) is 4. The summed E-state index contributed by atoms with van der Waals surface area (Å²) in [6.07, 6.45) is 0.496. The van der Waals surface area contributed by atoms with E-state index in [9.17, 15) is 4.79 Å². The molecule has 5 nitrogen and oxygen atoms in total. The van der Waals surface area contributed by atoms with Crippen LogP contribution >= 0.6 is 0 Å². The Balaban J connectivity index is 1.81. The maximum atomic E-state index is 11.8. The second-order valence-electron chi connectivity index (χ2n) is 4.31. The molecule has 19 heavy (non-hydrogen) atoms. The van der Waals surface area contributed by atoms with E-state index in [1.165, 1.54) is 0 Å². The average molecular weight is 264 g/mol. The molecule has 0 bridgehead atoms. The molecule has 0 saturated heterocycles. The van der Waals surface area contributed by atoms with E-state index in [2.05, 4.69) is 5.32 Å². The van der Waals surface area contributed by atoms with E-state index in [0.717, 1.165) is 30.3 Å². The molecule has 0 aliphatic carbocycles. The third kappa shape index (κ3) is 3.30. The highest BCUT2D eigenvalue weighted by Gasteiger charge is 2.13. The first-order valence-electron chi connectivity index (χ1n) is 6.66. The minimum atomic E-state index is 0.179. The molecule has 1 heterocycles. The number of fused-ring (bicyclic) bond motifs is 1. The number of nitrogens with one attached hydrogen (secondary N) is 1.